The van der Waals surface area contributed by atoms with E-state index in [4.69, 9.17) is 5.73 Å². The molecule has 0 radical (unpaired) electrons. The van der Waals surface area contributed by atoms with Gasteiger partial charge in [-0.1, -0.05) is 24.3 Å². The lowest BCUT2D eigenvalue weighted by atomic mass is 10.0. The Morgan fingerprint density at radius 1 is 1.36 bits per heavy atom. The first-order valence-electron chi connectivity index (χ1n) is 4.39. The molecular weight excluding hydrogens is 198 g/mol. The van der Waals surface area contributed by atoms with Crippen LogP contribution in [0.2, 0.25) is 0 Å². The highest BCUT2D eigenvalue weighted by Crippen LogP contribution is 2.16. The fourth-order valence-electron chi connectivity index (χ4n) is 1.42. The van der Waals surface area contributed by atoms with Crippen LogP contribution in [0.4, 0.5) is 0 Å². The maximum Gasteiger partial charge on any atom is 0.149 e. The van der Waals surface area contributed by atoms with Crippen molar-refractivity contribution in [3.63, 3.8) is 0 Å². The van der Waals surface area contributed by atoms with Gasteiger partial charge in [-0.2, -0.15) is 0 Å². The second-order valence-corrected chi connectivity index (χ2v) is 5.74. The minimum Gasteiger partial charge on any atom is -0.323 e. The van der Waals surface area contributed by atoms with Crippen LogP contribution in [0.25, 0.3) is 0 Å². The molecule has 3 nitrogen and oxygen atoms in total. The van der Waals surface area contributed by atoms with Gasteiger partial charge in [-0.3, -0.25) is 0 Å². The molecule has 0 aliphatic heterocycles. The average molecular weight is 213 g/mol. The van der Waals surface area contributed by atoms with Crippen molar-refractivity contribution >= 4 is 9.84 Å². The molecule has 1 unspecified atom stereocenters. The van der Waals surface area contributed by atoms with Crippen LogP contribution < -0.4 is 5.73 Å². The van der Waals surface area contributed by atoms with Crippen molar-refractivity contribution in [1.29, 1.82) is 0 Å². The van der Waals surface area contributed by atoms with Gasteiger partial charge in [0.2, 0.25) is 0 Å². The highest BCUT2D eigenvalue weighted by Gasteiger charge is 2.14. The summed E-state index contributed by atoms with van der Waals surface area (Å²) in [6, 6.07) is 7.14. The first kappa shape index (κ1) is 11.2. The van der Waals surface area contributed by atoms with Crippen molar-refractivity contribution in [2.45, 2.75) is 13.0 Å². The van der Waals surface area contributed by atoms with Crippen LogP contribution in [0.5, 0.6) is 0 Å². The molecule has 2 N–H and O–H groups in total. The second-order valence-electron chi connectivity index (χ2n) is 3.56. The van der Waals surface area contributed by atoms with Gasteiger partial charge in [0.05, 0.1) is 5.75 Å². The molecule has 14 heavy (non-hydrogen) atoms. The topological polar surface area (TPSA) is 60.2 Å². The summed E-state index contributed by atoms with van der Waals surface area (Å²) >= 11 is 0. The average Bonchev–Trinajstić information content (AvgIpc) is 2.01. The van der Waals surface area contributed by atoms with Crippen molar-refractivity contribution in [3.05, 3.63) is 35.4 Å². The molecule has 0 saturated heterocycles. The monoisotopic (exact) mass is 213 g/mol. The number of benzene rings is 1. The molecule has 1 atom stereocenters. The quantitative estimate of drug-likeness (QED) is 0.816. The molecule has 0 aromatic heterocycles. The molecule has 0 heterocycles. The Kier molecular flexibility index (Phi) is 3.29. The summed E-state index contributed by atoms with van der Waals surface area (Å²) in [7, 11) is -3.01. The van der Waals surface area contributed by atoms with Crippen LogP contribution in [0.15, 0.2) is 24.3 Å². The van der Waals surface area contributed by atoms with Crippen LogP contribution in [0, 0.1) is 6.92 Å². The van der Waals surface area contributed by atoms with Crippen LogP contribution >= 0.6 is 0 Å². The third-order valence-electron chi connectivity index (χ3n) is 2.07. The zero-order valence-corrected chi connectivity index (χ0v) is 9.21. The number of hydrogen-bond donors (Lipinski definition) is 1. The Morgan fingerprint density at radius 3 is 2.43 bits per heavy atom. The Bertz CT molecular complexity index is 412. The van der Waals surface area contributed by atoms with Gasteiger partial charge >= 0.3 is 0 Å². The van der Waals surface area contributed by atoms with Crippen LogP contribution in [0.1, 0.15) is 17.2 Å². The van der Waals surface area contributed by atoms with E-state index in [2.05, 4.69) is 0 Å². The molecule has 78 valence electrons. The molecule has 1 aromatic rings. The largest absolute Gasteiger partial charge is 0.323 e. The zero-order chi connectivity index (χ0) is 10.8. The van der Waals surface area contributed by atoms with E-state index in [1.54, 1.807) is 0 Å². The molecule has 0 aliphatic carbocycles. The first-order valence-corrected chi connectivity index (χ1v) is 6.45. The zero-order valence-electron chi connectivity index (χ0n) is 8.40. The predicted molar refractivity (Wildman–Crippen MR) is 57.8 cm³/mol. The molecule has 0 spiro atoms. The number of aryl methyl sites for hydroxylation is 1. The maximum atomic E-state index is 11.0. The fourth-order valence-corrected chi connectivity index (χ4v) is 2.25. The van der Waals surface area contributed by atoms with Gasteiger partial charge in [-0.15, -0.1) is 0 Å². The molecule has 0 amide bonds. The van der Waals surface area contributed by atoms with Gasteiger partial charge in [0, 0.05) is 12.3 Å². The van der Waals surface area contributed by atoms with E-state index >= 15 is 0 Å². The van der Waals surface area contributed by atoms with Gasteiger partial charge in [0.25, 0.3) is 0 Å². The lowest BCUT2D eigenvalue weighted by Gasteiger charge is -2.13. The normalized spacial score (nSPS) is 13.9. The van der Waals surface area contributed by atoms with Crippen LogP contribution in [0.3, 0.4) is 0 Å². The molecule has 4 heteroatoms. The van der Waals surface area contributed by atoms with E-state index < -0.39 is 15.9 Å². The van der Waals surface area contributed by atoms with Gasteiger partial charge in [0.1, 0.15) is 9.84 Å². The van der Waals surface area contributed by atoms with Crippen LogP contribution in [-0.4, -0.2) is 20.4 Å². The van der Waals surface area contributed by atoms with E-state index in [9.17, 15) is 8.42 Å². The van der Waals surface area contributed by atoms with Gasteiger partial charge in [0.15, 0.2) is 0 Å². The predicted octanol–water partition coefficient (Wildman–Crippen LogP) is 1.04. The smallest absolute Gasteiger partial charge is 0.149 e. The third-order valence-corrected chi connectivity index (χ3v) is 3.03. The standard InChI is InChI=1S/C10H15NO2S/c1-8-5-3-4-6-9(8)10(11)7-14(2,12)13/h3-6,10H,7,11H2,1-2H3. The van der Waals surface area contributed by atoms with Crippen LogP contribution in [-0.2, 0) is 9.84 Å². The molecular formula is C10H15NO2S. The Hall–Kier alpha value is -0.870. The summed E-state index contributed by atoms with van der Waals surface area (Å²) < 4.78 is 22.1. The van der Waals surface area contributed by atoms with Gasteiger partial charge < -0.3 is 5.73 Å². The van der Waals surface area contributed by atoms with Crippen molar-refractivity contribution in [1.82, 2.24) is 0 Å². The molecule has 1 rings (SSSR count). The summed E-state index contributed by atoms with van der Waals surface area (Å²) in [5.41, 5.74) is 7.73. The van der Waals surface area contributed by atoms with E-state index in [-0.39, 0.29) is 5.75 Å². The van der Waals surface area contributed by atoms with Gasteiger partial charge in [-0.25, -0.2) is 8.42 Å². The lowest BCUT2D eigenvalue weighted by molar-refractivity contribution is 0.594. The Labute approximate surface area is 84.9 Å². The fraction of sp³-hybridized carbons (Fsp3) is 0.400. The maximum absolute atomic E-state index is 11.0. The molecule has 0 fully saturated rings. The number of hydrogen-bond acceptors (Lipinski definition) is 3. The summed E-state index contributed by atoms with van der Waals surface area (Å²) in [4.78, 5) is 0. The van der Waals surface area contributed by atoms with Crippen molar-refractivity contribution in [2.75, 3.05) is 12.0 Å². The SMILES string of the molecule is Cc1ccccc1C(N)CS(C)(=O)=O. The van der Waals surface area contributed by atoms with E-state index in [0.29, 0.717) is 0 Å². The molecule has 0 saturated carbocycles. The first-order chi connectivity index (χ1) is 6.40. The summed E-state index contributed by atoms with van der Waals surface area (Å²) in [5, 5.41) is 0. The van der Waals surface area contributed by atoms with E-state index in [0.717, 1.165) is 11.1 Å². The van der Waals surface area contributed by atoms with E-state index in [1.807, 2.05) is 31.2 Å². The summed E-state index contributed by atoms with van der Waals surface area (Å²) in [5.74, 6) is -0.00213. The summed E-state index contributed by atoms with van der Waals surface area (Å²) in [6.07, 6.45) is 1.20. The summed E-state index contributed by atoms with van der Waals surface area (Å²) in [6.45, 7) is 1.93. The highest BCUT2D eigenvalue weighted by molar-refractivity contribution is 7.90. The Morgan fingerprint density at radius 2 is 1.93 bits per heavy atom. The third kappa shape index (κ3) is 3.12. The number of nitrogens with two attached hydrogens (primary N) is 1. The highest BCUT2D eigenvalue weighted by atomic mass is 32.2. The minimum atomic E-state index is -3.01. The molecule has 1 aromatic carbocycles. The molecule has 0 bridgehead atoms. The lowest BCUT2D eigenvalue weighted by Crippen LogP contribution is -2.21. The minimum absolute atomic E-state index is 0.00213. The van der Waals surface area contributed by atoms with E-state index in [1.165, 1.54) is 6.26 Å². The van der Waals surface area contributed by atoms with Gasteiger partial charge in [-0.05, 0) is 18.1 Å². The second kappa shape index (κ2) is 4.11. The Balaban J connectivity index is 2.90. The van der Waals surface area contributed by atoms with Crippen molar-refractivity contribution in [3.8, 4) is 0 Å². The van der Waals surface area contributed by atoms with Crippen molar-refractivity contribution in [2.24, 2.45) is 5.73 Å². The van der Waals surface area contributed by atoms with Crippen molar-refractivity contribution < 1.29 is 8.42 Å². The number of rotatable bonds is 3. The molecule has 0 aliphatic rings. The number of sulfone groups is 1.